The molecule has 1 saturated heterocycles. The van der Waals surface area contributed by atoms with E-state index in [0.29, 0.717) is 17.3 Å². The van der Waals surface area contributed by atoms with E-state index in [1.807, 2.05) is 13.8 Å². The van der Waals surface area contributed by atoms with Gasteiger partial charge in [0.1, 0.15) is 6.10 Å². The summed E-state index contributed by atoms with van der Waals surface area (Å²) in [6, 6.07) is 0. The highest BCUT2D eigenvalue weighted by molar-refractivity contribution is 5.42. The third-order valence-electron chi connectivity index (χ3n) is 10.1. The lowest BCUT2D eigenvalue weighted by atomic mass is 9.50. The molecule has 4 aliphatic carbocycles. The Balaban J connectivity index is 1.35. The molecule has 0 aromatic carbocycles. The lowest BCUT2D eigenvalue weighted by Gasteiger charge is -2.54. The van der Waals surface area contributed by atoms with Crippen molar-refractivity contribution in [2.45, 2.75) is 110 Å². The van der Waals surface area contributed by atoms with Gasteiger partial charge in [-0.25, -0.2) is 0 Å². The summed E-state index contributed by atoms with van der Waals surface area (Å²) in [4.78, 5) is 0. The summed E-state index contributed by atoms with van der Waals surface area (Å²) >= 11 is 0. The molecule has 30 heavy (non-hydrogen) atoms. The van der Waals surface area contributed by atoms with Gasteiger partial charge >= 0.3 is 0 Å². The van der Waals surface area contributed by atoms with Crippen molar-refractivity contribution in [2.75, 3.05) is 0 Å². The number of hydrogen-bond acceptors (Lipinski definition) is 3. The van der Waals surface area contributed by atoms with Crippen LogP contribution in [0.15, 0.2) is 23.3 Å². The zero-order chi connectivity index (χ0) is 21.5. The number of epoxide rings is 1. The van der Waals surface area contributed by atoms with E-state index >= 15 is 0 Å². The molecule has 0 radical (unpaired) electrons. The van der Waals surface area contributed by atoms with E-state index in [1.165, 1.54) is 37.7 Å². The van der Waals surface area contributed by atoms with E-state index in [4.69, 9.17) is 4.74 Å². The highest BCUT2D eigenvalue weighted by Gasteiger charge is 2.66. The maximum atomic E-state index is 10.4. The molecule has 0 spiro atoms. The highest BCUT2D eigenvalue weighted by Crippen LogP contribution is 2.68. The lowest BCUT2D eigenvalue weighted by Crippen LogP contribution is -2.49. The first kappa shape index (κ1) is 21.2. The molecule has 168 valence electrons. The quantitative estimate of drug-likeness (QED) is 0.591. The van der Waals surface area contributed by atoms with E-state index in [1.54, 1.807) is 5.57 Å². The van der Waals surface area contributed by atoms with Crippen LogP contribution in [0.2, 0.25) is 0 Å². The number of hydrogen-bond donors (Lipinski definition) is 2. The summed E-state index contributed by atoms with van der Waals surface area (Å²) in [5, 5.41) is 20.5. The monoisotopic (exact) mass is 414 g/mol. The van der Waals surface area contributed by atoms with Crippen LogP contribution in [0.3, 0.4) is 0 Å². The Morgan fingerprint density at radius 2 is 1.93 bits per heavy atom. The van der Waals surface area contributed by atoms with Crippen LogP contribution >= 0.6 is 0 Å². The normalized spacial score (nSPS) is 48.0. The zero-order valence-electron chi connectivity index (χ0n) is 19.7. The van der Waals surface area contributed by atoms with Crippen molar-refractivity contribution in [2.24, 2.45) is 34.5 Å². The summed E-state index contributed by atoms with van der Waals surface area (Å²) < 4.78 is 6.04. The standard InChI is InChI=1S/C27H42O3/c1-16(7-6-13-25(2,3)29)19-10-11-20-18-9-8-17-15-22(28)23-24(30-23)27(17,5)21(18)12-14-26(19,20)4/h8-9,16,19-24,28-29H,6-7,10-15H2,1-5H3/t16-,19-,20+,21?,22-,23-,24-,26-,27+/m1/s1. The van der Waals surface area contributed by atoms with E-state index < -0.39 is 5.60 Å². The highest BCUT2D eigenvalue weighted by atomic mass is 16.6. The van der Waals surface area contributed by atoms with Gasteiger partial charge in [0.15, 0.2) is 0 Å². The summed E-state index contributed by atoms with van der Waals surface area (Å²) in [5.74, 6) is 2.83. The molecule has 9 atom stereocenters. The van der Waals surface area contributed by atoms with Crippen molar-refractivity contribution in [3.05, 3.63) is 23.3 Å². The molecule has 1 aliphatic heterocycles. The van der Waals surface area contributed by atoms with Crippen LogP contribution in [0.25, 0.3) is 0 Å². The van der Waals surface area contributed by atoms with Crippen LogP contribution in [0.5, 0.6) is 0 Å². The molecular formula is C27H42O3. The van der Waals surface area contributed by atoms with Gasteiger partial charge < -0.3 is 14.9 Å². The first-order valence-corrected chi connectivity index (χ1v) is 12.5. The molecular weight excluding hydrogens is 372 g/mol. The predicted molar refractivity (Wildman–Crippen MR) is 120 cm³/mol. The third kappa shape index (κ3) is 3.10. The summed E-state index contributed by atoms with van der Waals surface area (Å²) in [6.07, 6.45) is 14.1. The number of ether oxygens (including phenoxy) is 1. The van der Waals surface area contributed by atoms with Crippen molar-refractivity contribution in [1.82, 2.24) is 0 Å². The second-order valence-electron chi connectivity index (χ2n) is 12.4. The van der Waals surface area contributed by atoms with Crippen LogP contribution < -0.4 is 0 Å². The van der Waals surface area contributed by atoms with Gasteiger partial charge in [-0.1, -0.05) is 56.9 Å². The molecule has 3 heteroatoms. The molecule has 2 N–H and O–H groups in total. The number of aliphatic hydroxyl groups excluding tert-OH is 1. The number of rotatable bonds is 5. The summed E-state index contributed by atoms with van der Waals surface area (Å²) in [6.45, 7) is 11.3. The van der Waals surface area contributed by atoms with Gasteiger partial charge in [0.05, 0.1) is 17.8 Å². The van der Waals surface area contributed by atoms with Crippen LogP contribution in [-0.2, 0) is 4.74 Å². The summed E-state index contributed by atoms with van der Waals surface area (Å²) in [7, 11) is 0. The third-order valence-corrected chi connectivity index (χ3v) is 10.1. The topological polar surface area (TPSA) is 53.0 Å². The Hall–Kier alpha value is -0.640. The van der Waals surface area contributed by atoms with Crippen LogP contribution in [-0.4, -0.2) is 34.1 Å². The molecule has 0 bridgehead atoms. The second kappa shape index (κ2) is 6.93. The average Bonchev–Trinajstić information content (AvgIpc) is 3.39. The first-order chi connectivity index (χ1) is 14.1. The number of fused-ring (bicyclic) bond motifs is 7. The molecule has 3 nitrogen and oxygen atoms in total. The van der Waals surface area contributed by atoms with Crippen LogP contribution in [0, 0.1) is 34.5 Å². The number of allylic oxidation sites excluding steroid dienone is 3. The van der Waals surface area contributed by atoms with Gasteiger partial charge in [-0.3, -0.25) is 0 Å². The molecule has 0 amide bonds. The van der Waals surface area contributed by atoms with Crippen LogP contribution in [0.1, 0.15) is 86.0 Å². The molecule has 4 fully saturated rings. The molecule has 3 saturated carbocycles. The molecule has 5 aliphatic rings. The molecule has 1 heterocycles. The molecule has 1 unspecified atom stereocenters. The average molecular weight is 415 g/mol. The van der Waals surface area contributed by atoms with Crippen molar-refractivity contribution in [3.8, 4) is 0 Å². The molecule has 5 rings (SSSR count). The fourth-order valence-electron chi connectivity index (χ4n) is 8.42. The maximum absolute atomic E-state index is 10.4. The van der Waals surface area contributed by atoms with E-state index in [-0.39, 0.29) is 23.7 Å². The Bertz CT molecular complexity index is 761. The second-order valence-corrected chi connectivity index (χ2v) is 12.4. The smallest absolute Gasteiger partial charge is 0.111 e. The van der Waals surface area contributed by atoms with Gasteiger partial charge in [-0.15, -0.1) is 0 Å². The number of aliphatic hydroxyl groups is 2. The predicted octanol–water partition coefficient (Wildman–Crippen LogP) is 5.41. The van der Waals surface area contributed by atoms with Gasteiger partial charge in [0.2, 0.25) is 0 Å². The van der Waals surface area contributed by atoms with E-state index in [0.717, 1.165) is 31.1 Å². The van der Waals surface area contributed by atoms with Crippen molar-refractivity contribution >= 4 is 0 Å². The Labute approximate surface area is 183 Å². The minimum atomic E-state index is -0.539. The zero-order valence-corrected chi connectivity index (χ0v) is 19.7. The van der Waals surface area contributed by atoms with E-state index in [9.17, 15) is 10.2 Å². The van der Waals surface area contributed by atoms with Crippen molar-refractivity contribution < 1.29 is 14.9 Å². The van der Waals surface area contributed by atoms with Gasteiger partial charge in [-0.05, 0) is 81.5 Å². The SMILES string of the molecule is C[C@H](CCCC(C)(C)O)[C@H]1CC[C@H]2C3=CC=C4C[C@@H](O)[C@H]5O[C@H]5[C@]4(C)C3CC[C@]12C. The van der Waals surface area contributed by atoms with Crippen LogP contribution in [0.4, 0.5) is 0 Å². The largest absolute Gasteiger partial charge is 0.390 e. The molecule has 0 aromatic heterocycles. The fraction of sp³-hybridized carbons (Fsp3) is 0.852. The van der Waals surface area contributed by atoms with Gasteiger partial charge in [0.25, 0.3) is 0 Å². The fourth-order valence-corrected chi connectivity index (χ4v) is 8.42. The summed E-state index contributed by atoms with van der Waals surface area (Å²) in [5.41, 5.74) is 3.11. The molecule has 0 aromatic rings. The Morgan fingerprint density at radius 1 is 1.17 bits per heavy atom. The Kier molecular flexibility index (Phi) is 4.90. The van der Waals surface area contributed by atoms with Crippen molar-refractivity contribution in [3.63, 3.8) is 0 Å². The minimum absolute atomic E-state index is 0.0759. The van der Waals surface area contributed by atoms with Gasteiger partial charge in [0, 0.05) is 5.41 Å². The lowest BCUT2D eigenvalue weighted by molar-refractivity contribution is 0.0367. The maximum Gasteiger partial charge on any atom is 0.111 e. The first-order valence-electron chi connectivity index (χ1n) is 12.5. The minimum Gasteiger partial charge on any atom is -0.390 e. The van der Waals surface area contributed by atoms with E-state index in [2.05, 4.69) is 32.9 Å². The Morgan fingerprint density at radius 3 is 2.67 bits per heavy atom. The van der Waals surface area contributed by atoms with Crippen molar-refractivity contribution in [1.29, 1.82) is 0 Å². The van der Waals surface area contributed by atoms with Gasteiger partial charge in [-0.2, -0.15) is 0 Å².